The Morgan fingerprint density at radius 2 is 1.88 bits per heavy atom. The van der Waals surface area contributed by atoms with E-state index in [4.69, 9.17) is 21.1 Å². The summed E-state index contributed by atoms with van der Waals surface area (Å²) < 4.78 is 45.9. The SMILES string of the molecule is CC(C)(C)OC(=O)N1CC(CC(F)(F)CNc2cccc(SNC(=O)c3ccc(-n4ccc(OCCC5CCC56CC6)n4)nc3Cl)n2)CC1(C)C. The van der Waals surface area contributed by atoms with E-state index in [-0.39, 0.29) is 23.1 Å². The lowest BCUT2D eigenvalue weighted by Crippen LogP contribution is -2.45. The standard InChI is InChI=1S/C36H46ClF2N7O4S/c1-33(2,3)50-32(48)45-21-23(19-34(45,4)5)20-36(38,39)22-40-26-7-6-8-29(41-26)51-44-31(47)25-9-10-27(42-30(25)37)46-17-12-28(43-46)49-18-13-24-11-14-35(24)15-16-35/h6-10,12,17,23-24H,11,13-16,18-22H2,1-5H3,(H,40,41)(H,44,47). The van der Waals surface area contributed by atoms with E-state index in [1.54, 1.807) is 72.9 Å². The van der Waals surface area contributed by atoms with Crippen molar-refractivity contribution < 1.29 is 27.8 Å². The maximum absolute atomic E-state index is 15.1. The van der Waals surface area contributed by atoms with E-state index in [9.17, 15) is 9.59 Å². The fourth-order valence-corrected chi connectivity index (χ4v) is 8.00. The molecule has 0 aromatic carbocycles. The maximum atomic E-state index is 15.1. The molecule has 4 heterocycles. The summed E-state index contributed by atoms with van der Waals surface area (Å²) in [6.45, 7) is 9.26. The summed E-state index contributed by atoms with van der Waals surface area (Å²) in [6.07, 6.45) is 7.70. The molecule has 3 fully saturated rings. The number of aromatic nitrogens is 4. The number of likely N-dealkylation sites (tertiary alicyclic amines) is 1. The third kappa shape index (κ3) is 9.24. The number of carbonyl (C=O) groups excluding carboxylic acids is 2. The zero-order valence-corrected chi connectivity index (χ0v) is 31.3. The van der Waals surface area contributed by atoms with E-state index in [1.165, 1.54) is 25.7 Å². The number of alkyl halides is 2. The summed E-state index contributed by atoms with van der Waals surface area (Å²) in [5.41, 5.74) is -0.490. The van der Waals surface area contributed by atoms with Crippen LogP contribution in [0.4, 0.5) is 19.4 Å². The summed E-state index contributed by atoms with van der Waals surface area (Å²) in [5.74, 6) is -2.00. The minimum atomic E-state index is -3.06. The molecule has 2 atom stereocenters. The normalized spacial score (nSPS) is 20.5. The summed E-state index contributed by atoms with van der Waals surface area (Å²) >= 11 is 7.32. The highest BCUT2D eigenvalue weighted by atomic mass is 35.5. The highest BCUT2D eigenvalue weighted by Crippen LogP contribution is 2.65. The van der Waals surface area contributed by atoms with Crippen LogP contribution in [0.2, 0.25) is 5.15 Å². The second-order valence-electron chi connectivity index (χ2n) is 15.6. The van der Waals surface area contributed by atoms with E-state index in [1.807, 2.05) is 13.8 Å². The minimum absolute atomic E-state index is 0.00578. The molecule has 2 unspecified atom stereocenters. The van der Waals surface area contributed by atoms with Crippen LogP contribution in [0.25, 0.3) is 5.82 Å². The molecule has 3 aromatic heterocycles. The van der Waals surface area contributed by atoms with Crippen LogP contribution in [0, 0.1) is 17.3 Å². The number of rotatable bonds is 13. The molecule has 2 saturated carbocycles. The Morgan fingerprint density at radius 1 is 1.10 bits per heavy atom. The van der Waals surface area contributed by atoms with Crippen LogP contribution < -0.4 is 14.8 Å². The van der Waals surface area contributed by atoms with Crippen molar-refractivity contribution in [3.05, 3.63) is 53.3 Å². The highest BCUT2D eigenvalue weighted by Gasteiger charge is 2.54. The Kier molecular flexibility index (Phi) is 10.5. The molecule has 6 rings (SSSR count). The molecular weight excluding hydrogens is 700 g/mol. The minimum Gasteiger partial charge on any atom is -0.477 e. The van der Waals surface area contributed by atoms with E-state index < -0.39 is 47.9 Å². The van der Waals surface area contributed by atoms with Crippen LogP contribution in [-0.2, 0) is 4.74 Å². The van der Waals surface area contributed by atoms with Gasteiger partial charge >= 0.3 is 6.09 Å². The molecule has 2 amide bonds. The number of hydrogen-bond donors (Lipinski definition) is 2. The van der Waals surface area contributed by atoms with Crippen LogP contribution in [0.1, 0.15) is 89.9 Å². The number of hydrogen-bond acceptors (Lipinski definition) is 9. The van der Waals surface area contributed by atoms with Gasteiger partial charge in [-0.05, 0) is 115 Å². The molecule has 1 saturated heterocycles. The fourth-order valence-electron chi connectivity index (χ4n) is 7.17. The molecule has 2 aliphatic carbocycles. The van der Waals surface area contributed by atoms with Crippen molar-refractivity contribution in [3.63, 3.8) is 0 Å². The van der Waals surface area contributed by atoms with Crippen molar-refractivity contribution in [2.24, 2.45) is 17.3 Å². The maximum Gasteiger partial charge on any atom is 0.410 e. The van der Waals surface area contributed by atoms with Crippen molar-refractivity contribution >= 4 is 41.4 Å². The monoisotopic (exact) mass is 745 g/mol. The van der Waals surface area contributed by atoms with Crippen molar-refractivity contribution in [3.8, 4) is 11.7 Å². The Bertz CT molecular complexity index is 1750. The predicted octanol–water partition coefficient (Wildman–Crippen LogP) is 8.18. The first-order valence-corrected chi connectivity index (χ1v) is 18.6. The molecule has 15 heteroatoms. The Balaban J connectivity index is 0.962. The number of nitrogens with zero attached hydrogens (tertiary/aromatic N) is 5. The van der Waals surface area contributed by atoms with Gasteiger partial charge < -0.3 is 19.7 Å². The van der Waals surface area contributed by atoms with Gasteiger partial charge in [-0.2, -0.15) is 0 Å². The number of carbonyl (C=O) groups is 2. The van der Waals surface area contributed by atoms with Crippen molar-refractivity contribution in [2.75, 3.05) is 25.0 Å². The van der Waals surface area contributed by atoms with E-state index in [0.717, 1.165) is 24.3 Å². The lowest BCUT2D eigenvalue weighted by molar-refractivity contribution is -0.00996. The lowest BCUT2D eigenvalue weighted by atomic mass is 9.69. The second-order valence-corrected chi connectivity index (χ2v) is 16.8. The summed E-state index contributed by atoms with van der Waals surface area (Å²) in [6, 6.07) is 9.85. The first kappa shape index (κ1) is 37.1. The molecule has 11 nitrogen and oxygen atoms in total. The summed E-state index contributed by atoms with van der Waals surface area (Å²) in [4.78, 5) is 35.9. The molecule has 0 bridgehead atoms. The van der Waals surface area contributed by atoms with Crippen molar-refractivity contribution in [2.45, 2.75) is 102 Å². The molecule has 51 heavy (non-hydrogen) atoms. The third-order valence-electron chi connectivity index (χ3n) is 10.0. The summed E-state index contributed by atoms with van der Waals surface area (Å²) in [5, 5.41) is 7.55. The number of nitrogens with one attached hydrogen (secondary N) is 2. The Hall–Kier alpha value is -3.65. The topological polar surface area (TPSA) is 124 Å². The van der Waals surface area contributed by atoms with E-state index in [0.29, 0.717) is 35.2 Å². The molecule has 3 aliphatic rings. The largest absolute Gasteiger partial charge is 0.477 e. The zero-order valence-electron chi connectivity index (χ0n) is 29.7. The number of anilines is 1. The first-order valence-electron chi connectivity index (χ1n) is 17.4. The van der Waals surface area contributed by atoms with Gasteiger partial charge in [-0.25, -0.2) is 28.2 Å². The molecule has 276 valence electrons. The zero-order chi connectivity index (χ0) is 36.6. The van der Waals surface area contributed by atoms with Gasteiger partial charge in [0.05, 0.1) is 18.7 Å². The molecule has 3 aromatic rings. The molecule has 1 spiro atoms. The van der Waals surface area contributed by atoms with Crippen LogP contribution in [-0.4, -0.2) is 73.4 Å². The highest BCUT2D eigenvalue weighted by molar-refractivity contribution is 7.97. The van der Waals surface area contributed by atoms with Crippen molar-refractivity contribution in [1.82, 2.24) is 29.4 Å². The van der Waals surface area contributed by atoms with Gasteiger partial charge in [0.1, 0.15) is 21.6 Å². The lowest BCUT2D eigenvalue weighted by Gasteiger charge is -2.37. The molecule has 2 N–H and O–H groups in total. The van der Waals surface area contributed by atoms with E-state index >= 15 is 8.78 Å². The van der Waals surface area contributed by atoms with Crippen LogP contribution in [0.15, 0.2) is 47.6 Å². The molecular formula is C36H46ClF2N7O4S. The van der Waals surface area contributed by atoms with Gasteiger partial charge in [0.2, 0.25) is 5.88 Å². The quantitative estimate of drug-likeness (QED) is 0.132. The number of halogens is 3. The van der Waals surface area contributed by atoms with E-state index in [2.05, 4.69) is 25.1 Å². The second kappa shape index (κ2) is 14.4. The van der Waals surface area contributed by atoms with Crippen molar-refractivity contribution in [1.29, 1.82) is 0 Å². The van der Waals surface area contributed by atoms with Crippen LogP contribution >= 0.6 is 23.5 Å². The number of ether oxygens (including phenoxy) is 2. The Morgan fingerprint density at radius 3 is 2.57 bits per heavy atom. The van der Waals surface area contributed by atoms with Gasteiger partial charge in [0.25, 0.3) is 11.8 Å². The third-order valence-corrected chi connectivity index (χ3v) is 11.0. The van der Waals surface area contributed by atoms with Crippen LogP contribution in [0.3, 0.4) is 0 Å². The fraction of sp³-hybridized carbons (Fsp3) is 0.583. The smallest absolute Gasteiger partial charge is 0.410 e. The van der Waals surface area contributed by atoms with Gasteiger partial charge in [0.15, 0.2) is 5.82 Å². The molecule has 0 radical (unpaired) electrons. The molecule has 1 aliphatic heterocycles. The van der Waals surface area contributed by atoms with Gasteiger partial charge in [-0.15, -0.1) is 5.10 Å². The van der Waals surface area contributed by atoms with Gasteiger partial charge in [0, 0.05) is 42.7 Å². The predicted molar refractivity (Wildman–Crippen MR) is 192 cm³/mol. The first-order chi connectivity index (χ1) is 24.0. The van der Waals surface area contributed by atoms with Gasteiger partial charge in [-0.1, -0.05) is 17.7 Å². The number of pyridine rings is 2. The number of amides is 2. The van der Waals surface area contributed by atoms with Gasteiger partial charge in [-0.3, -0.25) is 9.52 Å². The average Bonchev–Trinajstić information content (AvgIpc) is 3.66. The summed E-state index contributed by atoms with van der Waals surface area (Å²) in [7, 11) is 0. The average molecular weight is 746 g/mol. The van der Waals surface area contributed by atoms with Crippen LogP contribution in [0.5, 0.6) is 5.88 Å². The Labute approximate surface area is 306 Å².